The average molecular weight is 661 g/mol. The molecule has 2 unspecified atom stereocenters. The molecule has 13 heteroatoms. The van der Waals surface area contributed by atoms with Gasteiger partial charge in [-0.05, 0) is 59.7 Å². The molecule has 0 aromatic heterocycles. The molecule has 0 aliphatic heterocycles. The van der Waals surface area contributed by atoms with Crippen LogP contribution in [0.25, 0.3) is 12.2 Å². The van der Waals surface area contributed by atoms with Gasteiger partial charge in [-0.15, -0.1) is 0 Å². The van der Waals surface area contributed by atoms with Gasteiger partial charge in [-0.2, -0.15) is 0 Å². The van der Waals surface area contributed by atoms with Crippen LogP contribution in [0, 0.1) is 20.2 Å². The number of sulfone groups is 1. The summed E-state index contributed by atoms with van der Waals surface area (Å²) in [6.45, 7) is 0. The number of benzene rings is 4. The second-order valence-corrected chi connectivity index (χ2v) is 12.2. The van der Waals surface area contributed by atoms with Crippen LogP contribution in [0.2, 0.25) is 0 Å². The zero-order chi connectivity index (χ0) is 34.1. The molecule has 0 N–H and O–H groups in total. The minimum Gasteiger partial charge on any atom is -0.497 e. The summed E-state index contributed by atoms with van der Waals surface area (Å²) in [6, 6.07) is 21.8. The van der Waals surface area contributed by atoms with Crippen molar-refractivity contribution in [1.29, 1.82) is 0 Å². The molecule has 0 fully saturated rings. The molecule has 0 amide bonds. The third-order valence-electron chi connectivity index (χ3n) is 7.36. The maximum Gasteiger partial charge on any atom is 0.318 e. The largest absolute Gasteiger partial charge is 0.497 e. The van der Waals surface area contributed by atoms with E-state index in [-0.39, 0.29) is 34.0 Å². The van der Waals surface area contributed by atoms with Gasteiger partial charge in [0.15, 0.2) is 21.3 Å². The highest BCUT2D eigenvalue weighted by Gasteiger charge is 2.34. The van der Waals surface area contributed by atoms with Gasteiger partial charge in [0.05, 0.1) is 49.4 Å². The fourth-order valence-corrected chi connectivity index (χ4v) is 7.00. The molecule has 0 spiro atoms. The van der Waals surface area contributed by atoms with Gasteiger partial charge in [0.2, 0.25) is 0 Å². The van der Waals surface area contributed by atoms with E-state index in [1.54, 1.807) is 60.7 Å². The molecule has 12 nitrogen and oxygen atoms in total. The number of nitro groups is 2. The second-order valence-electron chi connectivity index (χ2n) is 10.0. The summed E-state index contributed by atoms with van der Waals surface area (Å²) in [4.78, 5) is 22.7. The van der Waals surface area contributed by atoms with Crippen LogP contribution in [-0.4, -0.2) is 46.7 Å². The molecular weight excluding hydrogens is 628 g/mol. The van der Waals surface area contributed by atoms with E-state index >= 15 is 0 Å². The lowest BCUT2D eigenvalue weighted by atomic mass is 10.1. The lowest BCUT2D eigenvalue weighted by molar-refractivity contribution is -0.386. The van der Waals surface area contributed by atoms with E-state index in [0.29, 0.717) is 22.6 Å². The number of hydrogen-bond acceptors (Lipinski definition) is 10. The Balaban J connectivity index is 1.94. The molecule has 0 aliphatic carbocycles. The van der Waals surface area contributed by atoms with Gasteiger partial charge in [-0.3, -0.25) is 20.2 Å². The number of methoxy groups -OCH3 is 4. The normalized spacial score (nSPS) is 12.9. The highest BCUT2D eigenvalue weighted by atomic mass is 32.2. The lowest BCUT2D eigenvalue weighted by Gasteiger charge is -2.22. The predicted octanol–water partition coefficient (Wildman–Crippen LogP) is 7.16. The van der Waals surface area contributed by atoms with Crippen LogP contribution in [0.1, 0.15) is 32.8 Å². The molecular formula is C34H32N2O10S. The van der Waals surface area contributed by atoms with Gasteiger partial charge in [0.25, 0.3) is 0 Å². The SMILES string of the molecule is COc1ccc(C(C=Cc2cccc(OC)c2[N+](=O)[O-])S(=O)(=O)C(C=Cc2cccc(OC)c2[N+](=O)[O-])c2ccc(OC)cc2)cc1. The van der Waals surface area contributed by atoms with Gasteiger partial charge in [-0.25, -0.2) is 8.42 Å². The van der Waals surface area contributed by atoms with Crippen molar-refractivity contribution in [3.63, 3.8) is 0 Å². The first kappa shape index (κ1) is 34.2. The summed E-state index contributed by atoms with van der Waals surface area (Å²) in [5, 5.41) is 21.2. The van der Waals surface area contributed by atoms with E-state index in [1.807, 2.05) is 0 Å². The molecule has 47 heavy (non-hydrogen) atoms. The summed E-state index contributed by atoms with van der Waals surface area (Å²) in [6.07, 6.45) is 5.48. The third-order valence-corrected chi connectivity index (χ3v) is 9.64. The van der Waals surface area contributed by atoms with Gasteiger partial charge in [0, 0.05) is 0 Å². The maximum absolute atomic E-state index is 14.8. The lowest BCUT2D eigenvalue weighted by Crippen LogP contribution is -2.19. The molecule has 244 valence electrons. The quantitative estimate of drug-likeness (QED) is 0.100. The molecule has 4 aromatic rings. The van der Waals surface area contributed by atoms with E-state index in [4.69, 9.17) is 18.9 Å². The van der Waals surface area contributed by atoms with Crippen molar-refractivity contribution in [3.05, 3.63) is 140 Å². The van der Waals surface area contributed by atoms with Crippen LogP contribution in [0.5, 0.6) is 23.0 Å². The van der Waals surface area contributed by atoms with Crippen LogP contribution < -0.4 is 18.9 Å². The summed E-state index contributed by atoms with van der Waals surface area (Å²) < 4.78 is 50.5. The third kappa shape index (κ3) is 7.59. The van der Waals surface area contributed by atoms with E-state index in [9.17, 15) is 28.6 Å². The zero-order valence-corrected chi connectivity index (χ0v) is 26.7. The minimum absolute atomic E-state index is 0.0138. The number of nitrogens with zero attached hydrogens (tertiary/aromatic N) is 2. The minimum atomic E-state index is -4.30. The molecule has 2 atom stereocenters. The highest BCUT2D eigenvalue weighted by Crippen LogP contribution is 2.40. The Hall–Kier alpha value is -5.69. The number of nitro benzene ring substituents is 2. The Kier molecular flexibility index (Phi) is 11.0. The van der Waals surface area contributed by atoms with E-state index < -0.39 is 30.2 Å². The van der Waals surface area contributed by atoms with Crippen molar-refractivity contribution in [2.24, 2.45) is 0 Å². The predicted molar refractivity (Wildman–Crippen MR) is 178 cm³/mol. The fourth-order valence-electron chi connectivity index (χ4n) is 5.02. The number of hydrogen-bond donors (Lipinski definition) is 0. The molecule has 4 rings (SSSR count). The van der Waals surface area contributed by atoms with Crippen LogP contribution in [0.4, 0.5) is 11.4 Å². The van der Waals surface area contributed by atoms with Gasteiger partial charge >= 0.3 is 11.4 Å². The topological polar surface area (TPSA) is 157 Å². The van der Waals surface area contributed by atoms with Gasteiger partial charge in [0.1, 0.15) is 22.0 Å². The van der Waals surface area contributed by atoms with Gasteiger partial charge < -0.3 is 18.9 Å². The molecule has 0 saturated carbocycles. The van der Waals surface area contributed by atoms with E-state index in [2.05, 4.69) is 0 Å². The van der Waals surface area contributed by atoms with Crippen molar-refractivity contribution < 1.29 is 37.2 Å². The number of rotatable bonds is 14. The standard InChI is InChI=1S/C34H32N2O10S/c1-43-27-17-11-23(12-18-27)31(21-15-25-7-5-9-29(45-3)33(25)35(37)38)47(41,42)32(24-13-19-28(44-2)20-14-24)22-16-26-8-6-10-30(46-4)34(26)36(39)40/h5-22,31-32H,1-4H3. The first-order valence-corrected chi connectivity index (χ1v) is 15.7. The van der Waals surface area contributed by atoms with Crippen molar-refractivity contribution in [1.82, 2.24) is 0 Å². The van der Waals surface area contributed by atoms with Crippen molar-refractivity contribution >= 4 is 33.4 Å². The van der Waals surface area contributed by atoms with Crippen LogP contribution >= 0.6 is 0 Å². The van der Waals surface area contributed by atoms with E-state index in [0.717, 1.165) is 0 Å². The Morgan fingerprint density at radius 1 is 0.574 bits per heavy atom. The van der Waals surface area contributed by atoms with Crippen molar-refractivity contribution in [2.45, 2.75) is 10.5 Å². The summed E-state index contributed by atoms with van der Waals surface area (Å²) in [5.41, 5.74) is 0.320. The highest BCUT2D eigenvalue weighted by molar-refractivity contribution is 7.92. The smallest absolute Gasteiger partial charge is 0.318 e. The van der Waals surface area contributed by atoms with Crippen molar-refractivity contribution in [3.8, 4) is 23.0 Å². The monoisotopic (exact) mass is 660 g/mol. The molecule has 0 aliphatic rings. The maximum atomic E-state index is 14.8. The average Bonchev–Trinajstić information content (AvgIpc) is 3.08. The molecule has 0 bridgehead atoms. The van der Waals surface area contributed by atoms with Crippen molar-refractivity contribution in [2.75, 3.05) is 28.4 Å². The second kappa shape index (κ2) is 15.1. The van der Waals surface area contributed by atoms with Crippen LogP contribution in [0.3, 0.4) is 0 Å². The number of para-hydroxylation sites is 2. The summed E-state index contributed by atoms with van der Waals surface area (Å²) >= 11 is 0. The Morgan fingerprint density at radius 2 is 0.936 bits per heavy atom. The Labute approximate surface area is 271 Å². The first-order valence-electron chi connectivity index (χ1n) is 14.1. The summed E-state index contributed by atoms with van der Waals surface area (Å²) in [7, 11) is 1.26. The van der Waals surface area contributed by atoms with Crippen LogP contribution in [0.15, 0.2) is 97.1 Å². The molecule has 0 heterocycles. The first-order chi connectivity index (χ1) is 22.5. The Bertz CT molecular complexity index is 1770. The molecule has 0 radical (unpaired) electrons. The Morgan fingerprint density at radius 3 is 1.23 bits per heavy atom. The van der Waals surface area contributed by atoms with Gasteiger partial charge in [-0.1, -0.05) is 60.7 Å². The van der Waals surface area contributed by atoms with Crippen LogP contribution in [-0.2, 0) is 9.84 Å². The summed E-state index contributed by atoms with van der Waals surface area (Å²) in [5.74, 6) is 1.02. The molecule has 4 aromatic carbocycles. The fraction of sp³-hybridized carbons (Fsp3) is 0.176. The zero-order valence-electron chi connectivity index (χ0n) is 25.9. The van der Waals surface area contributed by atoms with E-state index in [1.165, 1.54) is 77.0 Å². The molecule has 0 saturated heterocycles. The number of ether oxygens (including phenoxy) is 4.